The molecule has 0 aliphatic carbocycles. The number of hydrogen-bond acceptors (Lipinski definition) is 3. The van der Waals surface area contributed by atoms with E-state index in [1.807, 2.05) is 30.3 Å². The standard InChI is InChI=1S/C14H13BrN2OS/c15-11-12(9-5-2-1-3-6-9)16-13(17-14(11)19)10-7-4-8-18-10/h1-3,5-6,10H,4,7-8H2,(H,16,17,19). The third kappa shape index (κ3) is 2.63. The van der Waals surface area contributed by atoms with Crippen LogP contribution in [0.15, 0.2) is 34.8 Å². The van der Waals surface area contributed by atoms with Gasteiger partial charge >= 0.3 is 0 Å². The van der Waals surface area contributed by atoms with E-state index in [1.54, 1.807) is 0 Å². The summed E-state index contributed by atoms with van der Waals surface area (Å²) in [7, 11) is 0. The Balaban J connectivity index is 2.11. The third-order valence-electron chi connectivity index (χ3n) is 3.18. The lowest BCUT2D eigenvalue weighted by molar-refractivity contribution is 0.105. The van der Waals surface area contributed by atoms with Crippen LogP contribution in [0.2, 0.25) is 0 Å². The number of halogens is 1. The van der Waals surface area contributed by atoms with Crippen LogP contribution in [0.3, 0.4) is 0 Å². The van der Waals surface area contributed by atoms with Crippen LogP contribution >= 0.6 is 28.1 Å². The lowest BCUT2D eigenvalue weighted by Crippen LogP contribution is -2.05. The van der Waals surface area contributed by atoms with Gasteiger partial charge in [0.2, 0.25) is 0 Å². The molecule has 19 heavy (non-hydrogen) atoms. The van der Waals surface area contributed by atoms with Gasteiger partial charge in [-0.1, -0.05) is 42.5 Å². The van der Waals surface area contributed by atoms with Crippen molar-refractivity contribution >= 4 is 28.1 Å². The fourth-order valence-corrected chi connectivity index (χ4v) is 2.84. The van der Waals surface area contributed by atoms with Gasteiger partial charge < -0.3 is 9.72 Å². The molecular formula is C14H13BrN2OS. The lowest BCUT2D eigenvalue weighted by atomic mass is 10.1. The Morgan fingerprint density at radius 1 is 1.32 bits per heavy atom. The molecule has 5 heteroatoms. The van der Waals surface area contributed by atoms with E-state index in [1.165, 1.54) is 0 Å². The molecule has 1 fully saturated rings. The Bertz CT molecular complexity index is 636. The largest absolute Gasteiger partial charge is 0.370 e. The molecule has 3 nitrogen and oxygen atoms in total. The quantitative estimate of drug-likeness (QED) is 0.825. The van der Waals surface area contributed by atoms with Crippen molar-refractivity contribution in [3.05, 3.63) is 45.3 Å². The maximum atomic E-state index is 5.67. The van der Waals surface area contributed by atoms with E-state index in [2.05, 4.69) is 25.9 Å². The minimum Gasteiger partial charge on any atom is -0.370 e. The van der Waals surface area contributed by atoms with Crippen LogP contribution in [0.4, 0.5) is 0 Å². The van der Waals surface area contributed by atoms with Crippen molar-refractivity contribution in [1.29, 1.82) is 0 Å². The fraction of sp³-hybridized carbons (Fsp3) is 0.286. The highest BCUT2D eigenvalue weighted by Crippen LogP contribution is 2.31. The highest BCUT2D eigenvalue weighted by molar-refractivity contribution is 9.10. The molecule has 1 aliphatic heterocycles. The first-order chi connectivity index (χ1) is 9.25. The minimum absolute atomic E-state index is 0.0391. The number of nitrogens with zero attached hydrogens (tertiary/aromatic N) is 1. The molecule has 0 bridgehead atoms. The van der Waals surface area contributed by atoms with Crippen molar-refractivity contribution in [3.63, 3.8) is 0 Å². The smallest absolute Gasteiger partial charge is 0.144 e. The molecule has 1 aromatic heterocycles. The Labute approximate surface area is 125 Å². The zero-order valence-electron chi connectivity index (χ0n) is 10.2. The molecule has 0 radical (unpaired) electrons. The van der Waals surface area contributed by atoms with Gasteiger partial charge in [-0.2, -0.15) is 0 Å². The van der Waals surface area contributed by atoms with Crippen LogP contribution < -0.4 is 0 Å². The highest BCUT2D eigenvalue weighted by Gasteiger charge is 2.21. The van der Waals surface area contributed by atoms with Crippen LogP contribution in [0.1, 0.15) is 24.8 Å². The number of hydrogen-bond donors (Lipinski definition) is 1. The molecule has 1 saturated heterocycles. The monoisotopic (exact) mass is 336 g/mol. The van der Waals surface area contributed by atoms with Crippen LogP contribution in [-0.2, 0) is 4.74 Å². The van der Waals surface area contributed by atoms with Gasteiger partial charge in [-0.25, -0.2) is 4.98 Å². The average molecular weight is 337 g/mol. The number of H-pyrrole nitrogens is 1. The second-order valence-corrected chi connectivity index (χ2v) is 5.66. The summed E-state index contributed by atoms with van der Waals surface area (Å²) < 4.78 is 7.07. The van der Waals surface area contributed by atoms with Gasteiger partial charge in [-0.3, -0.25) is 0 Å². The van der Waals surface area contributed by atoms with Crippen LogP contribution in [0.5, 0.6) is 0 Å². The Kier molecular flexibility index (Phi) is 3.77. The molecule has 1 unspecified atom stereocenters. The van der Waals surface area contributed by atoms with E-state index in [4.69, 9.17) is 17.0 Å². The number of aromatic nitrogens is 2. The molecule has 1 N–H and O–H groups in total. The summed E-state index contributed by atoms with van der Waals surface area (Å²) in [6.07, 6.45) is 2.11. The molecule has 2 aromatic rings. The van der Waals surface area contributed by atoms with Gasteiger partial charge in [0.15, 0.2) is 0 Å². The summed E-state index contributed by atoms with van der Waals surface area (Å²) in [6.45, 7) is 0.795. The first-order valence-electron chi connectivity index (χ1n) is 6.22. The Hall–Kier alpha value is -1.04. The van der Waals surface area contributed by atoms with E-state index in [-0.39, 0.29) is 6.10 Å². The fourth-order valence-electron chi connectivity index (χ4n) is 2.23. The maximum Gasteiger partial charge on any atom is 0.144 e. The predicted molar refractivity (Wildman–Crippen MR) is 80.5 cm³/mol. The predicted octanol–water partition coefficient (Wildman–Crippen LogP) is 4.42. The molecule has 1 atom stereocenters. The number of aromatic amines is 1. The molecular weight excluding hydrogens is 324 g/mol. The highest BCUT2D eigenvalue weighted by atomic mass is 79.9. The van der Waals surface area contributed by atoms with Crippen LogP contribution in [0.25, 0.3) is 11.3 Å². The van der Waals surface area contributed by atoms with Crippen molar-refractivity contribution < 1.29 is 4.74 Å². The Morgan fingerprint density at radius 3 is 2.79 bits per heavy atom. The average Bonchev–Trinajstić information content (AvgIpc) is 2.97. The molecule has 1 aliphatic rings. The van der Waals surface area contributed by atoms with Crippen LogP contribution in [-0.4, -0.2) is 16.6 Å². The van der Waals surface area contributed by atoms with E-state index in [0.717, 1.165) is 41.0 Å². The summed E-state index contributed by atoms with van der Waals surface area (Å²) in [5.74, 6) is 0.824. The topological polar surface area (TPSA) is 37.9 Å². The second kappa shape index (κ2) is 5.53. The number of ether oxygens (including phenoxy) is 1. The van der Waals surface area contributed by atoms with E-state index in [9.17, 15) is 0 Å². The van der Waals surface area contributed by atoms with Gasteiger partial charge in [-0.05, 0) is 34.3 Å². The number of benzene rings is 1. The van der Waals surface area contributed by atoms with E-state index in [0.29, 0.717) is 4.64 Å². The first kappa shape index (κ1) is 13.0. The summed E-state index contributed by atoms with van der Waals surface area (Å²) in [6, 6.07) is 10.1. The molecule has 1 aromatic carbocycles. The molecule has 2 heterocycles. The third-order valence-corrected chi connectivity index (χ3v) is 4.51. The summed E-state index contributed by atoms with van der Waals surface area (Å²) in [5, 5.41) is 0. The van der Waals surface area contributed by atoms with Crippen molar-refractivity contribution in [2.45, 2.75) is 18.9 Å². The second-order valence-electron chi connectivity index (χ2n) is 4.48. The molecule has 98 valence electrons. The molecule has 3 rings (SSSR count). The van der Waals surface area contributed by atoms with Gasteiger partial charge in [-0.15, -0.1) is 0 Å². The molecule has 0 spiro atoms. The summed E-state index contributed by atoms with van der Waals surface area (Å²) in [5.41, 5.74) is 2.05. The maximum absolute atomic E-state index is 5.67. The summed E-state index contributed by atoms with van der Waals surface area (Å²) in [4.78, 5) is 7.79. The lowest BCUT2D eigenvalue weighted by Gasteiger charge is -2.12. The first-order valence-corrected chi connectivity index (χ1v) is 7.42. The van der Waals surface area contributed by atoms with Gasteiger partial charge in [0, 0.05) is 6.61 Å². The normalized spacial score (nSPS) is 18.7. The van der Waals surface area contributed by atoms with Crippen molar-refractivity contribution in [3.8, 4) is 11.3 Å². The Morgan fingerprint density at radius 2 is 2.11 bits per heavy atom. The molecule has 0 saturated carbocycles. The summed E-state index contributed by atoms with van der Waals surface area (Å²) >= 11 is 8.85. The van der Waals surface area contributed by atoms with Gasteiger partial charge in [0.25, 0.3) is 0 Å². The van der Waals surface area contributed by atoms with E-state index < -0.39 is 0 Å². The van der Waals surface area contributed by atoms with Crippen LogP contribution in [0, 0.1) is 4.64 Å². The minimum atomic E-state index is 0.0391. The SMILES string of the molecule is S=c1nc(C2CCCO2)[nH]c(-c2ccccc2)c1Br. The van der Waals surface area contributed by atoms with Crippen molar-refractivity contribution in [2.75, 3.05) is 6.61 Å². The van der Waals surface area contributed by atoms with E-state index >= 15 is 0 Å². The number of nitrogens with one attached hydrogen (secondary N) is 1. The number of rotatable bonds is 2. The zero-order valence-corrected chi connectivity index (χ0v) is 12.6. The van der Waals surface area contributed by atoms with Gasteiger partial charge in [0.05, 0.1) is 10.2 Å². The van der Waals surface area contributed by atoms with Gasteiger partial charge in [0.1, 0.15) is 16.6 Å². The van der Waals surface area contributed by atoms with Crippen molar-refractivity contribution in [2.24, 2.45) is 0 Å². The molecule has 0 amide bonds. The van der Waals surface area contributed by atoms with Crippen molar-refractivity contribution in [1.82, 2.24) is 9.97 Å². The zero-order chi connectivity index (χ0) is 13.2.